The van der Waals surface area contributed by atoms with Crippen molar-refractivity contribution in [2.24, 2.45) is 7.05 Å². The second kappa shape index (κ2) is 8.97. The van der Waals surface area contributed by atoms with Crippen LogP contribution in [0, 0.1) is 0 Å². The lowest BCUT2D eigenvalue weighted by Crippen LogP contribution is -2.40. The number of hydrogen-bond donors (Lipinski definition) is 0. The fourth-order valence-corrected chi connectivity index (χ4v) is 4.25. The molecule has 160 valence electrons. The van der Waals surface area contributed by atoms with Gasteiger partial charge in [0.05, 0.1) is 13.2 Å². The van der Waals surface area contributed by atoms with E-state index in [1.807, 2.05) is 10.6 Å². The van der Waals surface area contributed by atoms with Gasteiger partial charge < -0.3 is 18.8 Å². The predicted octanol–water partition coefficient (Wildman–Crippen LogP) is 0.120. The van der Waals surface area contributed by atoms with Crippen molar-refractivity contribution in [2.75, 3.05) is 45.9 Å². The highest BCUT2D eigenvalue weighted by Gasteiger charge is 2.23. The zero-order valence-electron chi connectivity index (χ0n) is 17.4. The summed E-state index contributed by atoms with van der Waals surface area (Å²) in [4.78, 5) is 41.6. The first-order chi connectivity index (χ1) is 14.5. The molecule has 8 nitrogen and oxygen atoms in total. The Labute approximate surface area is 175 Å². The van der Waals surface area contributed by atoms with Crippen LogP contribution in [0.1, 0.15) is 21.7 Å². The largest absolute Gasteiger partial charge is 0.379 e. The van der Waals surface area contributed by atoms with Gasteiger partial charge >= 0.3 is 0 Å². The molecule has 1 fully saturated rings. The van der Waals surface area contributed by atoms with E-state index in [1.54, 1.807) is 30.1 Å². The molecule has 0 spiro atoms. The molecule has 8 heteroatoms. The lowest BCUT2D eigenvalue weighted by Gasteiger charge is -2.27. The molecule has 0 atom stereocenters. The standard InChI is InChI=1S/C22H28N4O4/c1-23-19(3-2-4-20(23)27)22(29)25-9-7-17-5-6-21(28)26(18(17)8-10-25)12-11-24-13-15-30-16-14-24/h2-6H,7-16H2,1H3. The maximum absolute atomic E-state index is 13.0. The number of ether oxygens (including phenoxy) is 1. The monoisotopic (exact) mass is 412 g/mol. The summed E-state index contributed by atoms with van der Waals surface area (Å²) < 4.78 is 8.66. The first-order valence-electron chi connectivity index (χ1n) is 10.5. The van der Waals surface area contributed by atoms with E-state index in [4.69, 9.17) is 4.74 Å². The third kappa shape index (κ3) is 4.24. The summed E-state index contributed by atoms with van der Waals surface area (Å²) in [7, 11) is 1.62. The van der Waals surface area contributed by atoms with Crippen LogP contribution in [0.2, 0.25) is 0 Å². The summed E-state index contributed by atoms with van der Waals surface area (Å²) in [5, 5.41) is 0. The molecule has 0 bridgehead atoms. The van der Waals surface area contributed by atoms with Crippen LogP contribution in [0.4, 0.5) is 0 Å². The number of carbonyl (C=O) groups is 1. The Morgan fingerprint density at radius 1 is 0.933 bits per heavy atom. The minimum atomic E-state index is -0.198. The summed E-state index contributed by atoms with van der Waals surface area (Å²) in [5.41, 5.74) is 2.34. The van der Waals surface area contributed by atoms with Gasteiger partial charge in [-0.2, -0.15) is 0 Å². The fourth-order valence-electron chi connectivity index (χ4n) is 4.25. The number of nitrogens with zero attached hydrogens (tertiary/aromatic N) is 4. The fraction of sp³-hybridized carbons (Fsp3) is 0.500. The van der Waals surface area contributed by atoms with Gasteiger partial charge in [-0.1, -0.05) is 12.1 Å². The molecule has 2 aromatic heterocycles. The smallest absolute Gasteiger partial charge is 0.270 e. The van der Waals surface area contributed by atoms with Crippen LogP contribution in [-0.2, 0) is 31.2 Å². The minimum absolute atomic E-state index is 0.00671. The van der Waals surface area contributed by atoms with E-state index >= 15 is 0 Å². The normalized spacial score (nSPS) is 17.4. The molecule has 0 unspecified atom stereocenters. The Hall–Kier alpha value is -2.71. The second-order valence-corrected chi connectivity index (χ2v) is 7.85. The quantitative estimate of drug-likeness (QED) is 0.713. The summed E-state index contributed by atoms with van der Waals surface area (Å²) >= 11 is 0. The van der Waals surface area contributed by atoms with Crippen molar-refractivity contribution in [3.05, 3.63) is 68.0 Å². The maximum atomic E-state index is 13.0. The van der Waals surface area contributed by atoms with Crippen LogP contribution in [-0.4, -0.2) is 70.8 Å². The number of aromatic nitrogens is 2. The van der Waals surface area contributed by atoms with Crippen LogP contribution < -0.4 is 11.1 Å². The van der Waals surface area contributed by atoms with E-state index in [-0.39, 0.29) is 17.0 Å². The molecule has 1 saturated heterocycles. The Morgan fingerprint density at radius 2 is 1.70 bits per heavy atom. The van der Waals surface area contributed by atoms with Crippen LogP contribution in [0.3, 0.4) is 0 Å². The van der Waals surface area contributed by atoms with E-state index in [0.29, 0.717) is 38.2 Å². The average Bonchev–Trinajstić information content (AvgIpc) is 2.98. The van der Waals surface area contributed by atoms with Crippen molar-refractivity contribution in [1.82, 2.24) is 18.9 Å². The molecule has 1 amide bonds. The average molecular weight is 412 g/mol. The van der Waals surface area contributed by atoms with E-state index in [0.717, 1.165) is 44.1 Å². The third-order valence-electron chi connectivity index (χ3n) is 6.09. The highest BCUT2D eigenvalue weighted by atomic mass is 16.5. The molecule has 2 aliphatic rings. The topological polar surface area (TPSA) is 76.8 Å². The number of amides is 1. The van der Waals surface area contributed by atoms with Crippen molar-refractivity contribution in [2.45, 2.75) is 19.4 Å². The van der Waals surface area contributed by atoms with Crippen LogP contribution in [0.25, 0.3) is 0 Å². The summed E-state index contributed by atoms with van der Waals surface area (Å²) in [5.74, 6) is -0.148. The van der Waals surface area contributed by atoms with Gasteiger partial charge in [-0.25, -0.2) is 0 Å². The molecule has 0 N–H and O–H groups in total. The number of carbonyl (C=O) groups excluding carboxylic acids is 1. The van der Waals surface area contributed by atoms with Crippen molar-refractivity contribution < 1.29 is 9.53 Å². The van der Waals surface area contributed by atoms with E-state index in [2.05, 4.69) is 4.90 Å². The van der Waals surface area contributed by atoms with Crippen LogP contribution >= 0.6 is 0 Å². The van der Waals surface area contributed by atoms with Gasteiger partial charge in [0.2, 0.25) is 0 Å². The molecule has 4 rings (SSSR count). The Balaban J connectivity index is 1.51. The Bertz CT molecular complexity index is 1040. The van der Waals surface area contributed by atoms with Crippen molar-refractivity contribution >= 4 is 5.91 Å². The van der Waals surface area contributed by atoms with Crippen LogP contribution in [0.15, 0.2) is 39.9 Å². The van der Waals surface area contributed by atoms with Gasteiger partial charge in [0.15, 0.2) is 0 Å². The Kier molecular flexibility index (Phi) is 6.15. The molecule has 0 aliphatic carbocycles. The first-order valence-corrected chi connectivity index (χ1v) is 10.5. The molecular formula is C22H28N4O4. The lowest BCUT2D eigenvalue weighted by atomic mass is 10.1. The predicted molar refractivity (Wildman–Crippen MR) is 113 cm³/mol. The molecule has 0 radical (unpaired) electrons. The summed E-state index contributed by atoms with van der Waals surface area (Å²) in [6.45, 7) is 5.80. The molecule has 0 aromatic carbocycles. The van der Waals surface area contributed by atoms with Gasteiger partial charge in [0.25, 0.3) is 17.0 Å². The highest BCUT2D eigenvalue weighted by molar-refractivity contribution is 5.92. The number of fused-ring (bicyclic) bond motifs is 1. The van der Waals surface area contributed by atoms with E-state index in [9.17, 15) is 14.4 Å². The molecule has 0 saturated carbocycles. The van der Waals surface area contributed by atoms with Gasteiger partial charge in [0, 0.05) is 70.6 Å². The van der Waals surface area contributed by atoms with Gasteiger partial charge in [-0.15, -0.1) is 0 Å². The van der Waals surface area contributed by atoms with Crippen molar-refractivity contribution in [1.29, 1.82) is 0 Å². The summed E-state index contributed by atoms with van der Waals surface area (Å²) in [6, 6.07) is 8.28. The van der Waals surface area contributed by atoms with Crippen molar-refractivity contribution in [3.63, 3.8) is 0 Å². The zero-order valence-corrected chi connectivity index (χ0v) is 17.4. The molecule has 2 aliphatic heterocycles. The number of hydrogen-bond acceptors (Lipinski definition) is 5. The van der Waals surface area contributed by atoms with Gasteiger partial charge in [-0.3, -0.25) is 19.3 Å². The minimum Gasteiger partial charge on any atom is -0.379 e. The number of morpholine rings is 1. The van der Waals surface area contributed by atoms with Crippen LogP contribution in [0.5, 0.6) is 0 Å². The molecule has 30 heavy (non-hydrogen) atoms. The lowest BCUT2D eigenvalue weighted by molar-refractivity contribution is 0.0362. The molecule has 2 aromatic rings. The molecule has 4 heterocycles. The molecular weight excluding hydrogens is 384 g/mol. The number of rotatable bonds is 4. The number of pyridine rings is 2. The van der Waals surface area contributed by atoms with E-state index in [1.165, 1.54) is 10.6 Å². The zero-order chi connectivity index (χ0) is 21.1. The highest BCUT2D eigenvalue weighted by Crippen LogP contribution is 2.16. The van der Waals surface area contributed by atoms with E-state index < -0.39 is 0 Å². The van der Waals surface area contributed by atoms with Crippen molar-refractivity contribution in [3.8, 4) is 0 Å². The van der Waals surface area contributed by atoms with Gasteiger partial charge in [0.1, 0.15) is 5.69 Å². The first kappa shape index (κ1) is 20.6. The third-order valence-corrected chi connectivity index (χ3v) is 6.09. The SMILES string of the molecule is Cn1c(C(=O)N2CCc3ccc(=O)n(CCN4CCOCC4)c3CC2)cccc1=O. The second-order valence-electron chi connectivity index (χ2n) is 7.85. The van der Waals surface area contributed by atoms with Gasteiger partial charge in [-0.05, 0) is 18.1 Å². The maximum Gasteiger partial charge on any atom is 0.270 e. The Morgan fingerprint density at radius 3 is 2.50 bits per heavy atom. The summed E-state index contributed by atoms with van der Waals surface area (Å²) in [6.07, 6.45) is 1.32.